The van der Waals surface area contributed by atoms with Gasteiger partial charge in [-0.15, -0.1) is 0 Å². The smallest absolute Gasteiger partial charge is 0.384 e. The van der Waals surface area contributed by atoms with Crippen LogP contribution in [0.15, 0.2) is 0 Å². The number of rotatable bonds is 3. The fourth-order valence-electron chi connectivity index (χ4n) is 0.340. The van der Waals surface area contributed by atoms with Gasteiger partial charge in [0, 0.05) is 20.1 Å². The Balaban J connectivity index is 3.07. The fourth-order valence-corrected chi connectivity index (χ4v) is 0.340. The third-order valence-corrected chi connectivity index (χ3v) is 0.660. The van der Waals surface area contributed by atoms with Gasteiger partial charge in [0.2, 0.25) is 0 Å². The van der Waals surface area contributed by atoms with Crippen LogP contribution in [0.2, 0.25) is 0 Å². The Kier molecular flexibility index (Phi) is 3.61. The van der Waals surface area contributed by atoms with Gasteiger partial charge >= 0.3 is 6.18 Å². The van der Waals surface area contributed by atoms with Gasteiger partial charge in [0.25, 0.3) is 0 Å². The lowest BCUT2D eigenvalue weighted by atomic mass is 10.3. The second-order valence-corrected chi connectivity index (χ2v) is 1.56. The predicted molar refractivity (Wildman–Crippen MR) is 26.8 cm³/mol. The Morgan fingerprint density at radius 1 is 1.44 bits per heavy atom. The summed E-state index contributed by atoms with van der Waals surface area (Å²) in [7, 11) is 1.35. The minimum atomic E-state index is -4.08. The first kappa shape index (κ1) is 8.75. The van der Waals surface area contributed by atoms with E-state index in [2.05, 4.69) is 4.74 Å². The maximum absolute atomic E-state index is 11.3. The summed E-state index contributed by atoms with van der Waals surface area (Å²) >= 11 is 0. The molecule has 0 aliphatic heterocycles. The highest BCUT2D eigenvalue weighted by molar-refractivity contribution is 4.67. The maximum Gasteiger partial charge on any atom is 0.389 e. The molecule has 0 aliphatic carbocycles. The molecule has 0 aliphatic rings. The summed E-state index contributed by atoms with van der Waals surface area (Å²) in [6.45, 7) is 0.0551. The number of halogens is 3. The van der Waals surface area contributed by atoms with Crippen LogP contribution in [0.4, 0.5) is 13.2 Å². The lowest BCUT2D eigenvalue weighted by Gasteiger charge is -2.03. The van der Waals surface area contributed by atoms with Crippen molar-refractivity contribution in [3.8, 4) is 0 Å². The molecule has 55 valence electrons. The third-order valence-electron chi connectivity index (χ3n) is 0.660. The maximum atomic E-state index is 11.3. The monoisotopic (exact) mass is 141 g/mol. The summed E-state index contributed by atoms with van der Waals surface area (Å²) in [5, 5.41) is 0. The average molecular weight is 141 g/mol. The molecule has 0 aromatic rings. The molecule has 0 heterocycles. The van der Waals surface area contributed by atoms with E-state index < -0.39 is 12.6 Å². The highest BCUT2D eigenvalue weighted by Gasteiger charge is 2.25. The summed E-state index contributed by atoms with van der Waals surface area (Å²) in [5.41, 5.74) is 0. The normalized spacial score (nSPS) is 12.0. The molecule has 1 radical (unpaired) electrons. The molecule has 0 fully saturated rings. The van der Waals surface area contributed by atoms with Crippen molar-refractivity contribution in [1.29, 1.82) is 0 Å². The molecular weight excluding hydrogens is 133 g/mol. The van der Waals surface area contributed by atoms with Gasteiger partial charge in [-0.3, -0.25) is 0 Å². The van der Waals surface area contributed by atoms with E-state index in [0.717, 1.165) is 6.42 Å². The fraction of sp³-hybridized carbons (Fsp3) is 0.800. The van der Waals surface area contributed by atoms with Crippen molar-refractivity contribution >= 4 is 0 Å². The van der Waals surface area contributed by atoms with Gasteiger partial charge in [0.15, 0.2) is 0 Å². The van der Waals surface area contributed by atoms with Crippen LogP contribution in [0, 0.1) is 6.42 Å². The molecule has 0 rings (SSSR count). The molecule has 0 saturated heterocycles. The molecule has 4 heteroatoms. The van der Waals surface area contributed by atoms with Gasteiger partial charge in [0.1, 0.15) is 0 Å². The zero-order chi connectivity index (χ0) is 7.33. The summed E-state index contributed by atoms with van der Waals surface area (Å²) in [5.74, 6) is 0. The number of alkyl halides is 3. The average Bonchev–Trinajstić information content (AvgIpc) is 1.63. The Morgan fingerprint density at radius 3 is 2.33 bits per heavy atom. The highest BCUT2D eigenvalue weighted by atomic mass is 19.4. The lowest BCUT2D eigenvalue weighted by molar-refractivity contribution is -0.129. The van der Waals surface area contributed by atoms with Crippen LogP contribution in [0.5, 0.6) is 0 Å². The van der Waals surface area contributed by atoms with Gasteiger partial charge in [-0.2, -0.15) is 13.2 Å². The van der Waals surface area contributed by atoms with Crippen molar-refractivity contribution in [3.63, 3.8) is 0 Å². The van der Waals surface area contributed by atoms with Gasteiger partial charge in [0.05, 0.1) is 0 Å². The number of hydrogen-bond acceptors (Lipinski definition) is 1. The first-order valence-corrected chi connectivity index (χ1v) is 2.43. The van der Waals surface area contributed by atoms with E-state index in [4.69, 9.17) is 0 Å². The second kappa shape index (κ2) is 3.71. The predicted octanol–water partition coefficient (Wildman–Crippen LogP) is 1.79. The van der Waals surface area contributed by atoms with E-state index in [1.165, 1.54) is 7.11 Å². The number of ether oxygens (including phenoxy) is 1. The molecule has 0 aromatic heterocycles. The zero-order valence-electron chi connectivity index (χ0n) is 5.03. The zero-order valence-corrected chi connectivity index (χ0v) is 5.03. The van der Waals surface area contributed by atoms with Crippen LogP contribution in [-0.2, 0) is 4.74 Å². The van der Waals surface area contributed by atoms with Crippen molar-refractivity contribution in [1.82, 2.24) is 0 Å². The molecule has 0 spiro atoms. The molecule has 0 unspecified atom stereocenters. The number of hydrogen-bond donors (Lipinski definition) is 0. The van der Waals surface area contributed by atoms with Crippen molar-refractivity contribution < 1.29 is 17.9 Å². The Morgan fingerprint density at radius 2 is 2.00 bits per heavy atom. The lowest BCUT2D eigenvalue weighted by Crippen LogP contribution is -2.08. The quantitative estimate of drug-likeness (QED) is 0.544. The van der Waals surface area contributed by atoms with E-state index in [1.807, 2.05) is 0 Å². The highest BCUT2D eigenvalue weighted by Crippen LogP contribution is 2.20. The Bertz CT molecular complexity index is 69.1. The molecule has 0 saturated carbocycles. The van der Waals surface area contributed by atoms with E-state index in [-0.39, 0.29) is 6.61 Å². The minimum absolute atomic E-state index is 0.0551. The Labute approximate surface area is 51.8 Å². The summed E-state index contributed by atoms with van der Waals surface area (Å²) in [4.78, 5) is 0. The van der Waals surface area contributed by atoms with Crippen LogP contribution >= 0.6 is 0 Å². The topological polar surface area (TPSA) is 9.23 Å². The van der Waals surface area contributed by atoms with Crippen LogP contribution in [0.25, 0.3) is 0 Å². The summed E-state index contributed by atoms with van der Waals surface area (Å²) < 4.78 is 38.3. The van der Waals surface area contributed by atoms with Crippen molar-refractivity contribution in [3.05, 3.63) is 6.42 Å². The first-order chi connectivity index (χ1) is 4.06. The van der Waals surface area contributed by atoms with E-state index in [0.29, 0.717) is 0 Å². The van der Waals surface area contributed by atoms with Crippen molar-refractivity contribution in [2.75, 3.05) is 13.7 Å². The minimum Gasteiger partial charge on any atom is -0.384 e. The van der Waals surface area contributed by atoms with Crippen molar-refractivity contribution in [2.45, 2.75) is 12.6 Å². The van der Waals surface area contributed by atoms with Crippen LogP contribution in [0.3, 0.4) is 0 Å². The first-order valence-electron chi connectivity index (χ1n) is 2.43. The molecule has 0 atom stereocenters. The van der Waals surface area contributed by atoms with E-state index in [1.54, 1.807) is 0 Å². The van der Waals surface area contributed by atoms with Gasteiger partial charge in [-0.1, -0.05) is 0 Å². The van der Waals surface area contributed by atoms with Crippen LogP contribution < -0.4 is 0 Å². The molecule has 0 bridgehead atoms. The van der Waals surface area contributed by atoms with Crippen molar-refractivity contribution in [2.24, 2.45) is 0 Å². The molecular formula is C5H8F3O. The van der Waals surface area contributed by atoms with E-state index in [9.17, 15) is 13.2 Å². The molecule has 0 aromatic carbocycles. The Hall–Kier alpha value is -0.250. The molecule has 0 N–H and O–H groups in total. The molecule has 9 heavy (non-hydrogen) atoms. The second-order valence-electron chi connectivity index (χ2n) is 1.56. The van der Waals surface area contributed by atoms with Gasteiger partial charge < -0.3 is 4.74 Å². The SMILES string of the molecule is COC[CH]CC(F)(F)F. The summed E-state index contributed by atoms with van der Waals surface area (Å²) in [6, 6.07) is 0. The number of methoxy groups -OCH3 is 1. The van der Waals surface area contributed by atoms with E-state index >= 15 is 0 Å². The third kappa shape index (κ3) is 7.75. The molecule has 0 amide bonds. The van der Waals surface area contributed by atoms with Gasteiger partial charge in [-0.25, -0.2) is 0 Å². The van der Waals surface area contributed by atoms with Crippen LogP contribution in [-0.4, -0.2) is 19.9 Å². The summed E-state index contributed by atoms with van der Waals surface area (Å²) in [6.07, 6.45) is -3.92. The largest absolute Gasteiger partial charge is 0.389 e. The standard InChI is InChI=1S/C5H8F3O/c1-9-4-2-3-5(6,7)8/h2H,3-4H2,1H3. The van der Waals surface area contributed by atoms with Gasteiger partial charge in [-0.05, 0) is 6.42 Å². The molecule has 1 nitrogen and oxygen atoms in total. The van der Waals surface area contributed by atoms with Crippen LogP contribution in [0.1, 0.15) is 6.42 Å².